The predicted molar refractivity (Wildman–Crippen MR) is 71.8 cm³/mol. The van der Waals surface area contributed by atoms with E-state index < -0.39 is 41.5 Å². The SMILES string of the molecule is COc1c(F)cccc1[C@H]1[C@H](C(=O)O)O[C@@](C)(C(F)(F)F)[C@H]1C. The van der Waals surface area contributed by atoms with Gasteiger partial charge in [0, 0.05) is 17.4 Å². The smallest absolute Gasteiger partial charge is 0.417 e. The molecule has 1 aromatic rings. The van der Waals surface area contributed by atoms with E-state index in [0.717, 1.165) is 13.0 Å². The maximum Gasteiger partial charge on any atom is 0.417 e. The first-order valence-corrected chi connectivity index (χ1v) is 6.84. The molecular weight excluding hydrogens is 320 g/mol. The molecule has 0 bridgehead atoms. The third kappa shape index (κ3) is 2.65. The number of hydrogen-bond donors (Lipinski definition) is 1. The maximum atomic E-state index is 13.9. The van der Waals surface area contributed by atoms with Crippen LogP contribution in [-0.4, -0.2) is 36.1 Å². The van der Waals surface area contributed by atoms with Crippen LogP contribution >= 0.6 is 0 Å². The average molecular weight is 336 g/mol. The molecule has 23 heavy (non-hydrogen) atoms. The molecule has 0 radical (unpaired) electrons. The van der Waals surface area contributed by atoms with E-state index in [9.17, 15) is 27.5 Å². The molecule has 1 saturated heterocycles. The Balaban J connectivity index is 2.60. The van der Waals surface area contributed by atoms with Gasteiger partial charge >= 0.3 is 12.1 Å². The molecule has 1 aliphatic rings. The summed E-state index contributed by atoms with van der Waals surface area (Å²) < 4.78 is 63.7. The summed E-state index contributed by atoms with van der Waals surface area (Å²) in [5, 5.41) is 9.27. The number of carboxylic acid groups (broad SMARTS) is 1. The van der Waals surface area contributed by atoms with E-state index in [2.05, 4.69) is 0 Å². The van der Waals surface area contributed by atoms with Gasteiger partial charge in [-0.05, 0) is 13.0 Å². The first-order chi connectivity index (χ1) is 10.5. The Morgan fingerprint density at radius 3 is 2.48 bits per heavy atom. The summed E-state index contributed by atoms with van der Waals surface area (Å²) >= 11 is 0. The van der Waals surface area contributed by atoms with Crippen molar-refractivity contribution < 1.29 is 36.9 Å². The number of para-hydroxylation sites is 1. The molecule has 0 aromatic heterocycles. The Morgan fingerprint density at radius 1 is 1.39 bits per heavy atom. The molecule has 128 valence electrons. The lowest BCUT2D eigenvalue weighted by Crippen LogP contribution is -2.47. The van der Waals surface area contributed by atoms with Gasteiger partial charge in [-0.15, -0.1) is 0 Å². The lowest BCUT2D eigenvalue weighted by atomic mass is 9.77. The van der Waals surface area contributed by atoms with E-state index in [1.54, 1.807) is 0 Å². The van der Waals surface area contributed by atoms with Crippen molar-refractivity contribution in [1.82, 2.24) is 0 Å². The quantitative estimate of drug-likeness (QED) is 0.860. The molecule has 0 unspecified atom stereocenters. The van der Waals surface area contributed by atoms with Gasteiger partial charge in [-0.2, -0.15) is 13.2 Å². The van der Waals surface area contributed by atoms with Crippen LogP contribution in [-0.2, 0) is 9.53 Å². The second-order valence-electron chi connectivity index (χ2n) is 5.66. The fraction of sp³-hybridized carbons (Fsp3) is 0.533. The number of rotatable bonds is 3. The van der Waals surface area contributed by atoms with Crippen LogP contribution in [0.25, 0.3) is 0 Å². The summed E-state index contributed by atoms with van der Waals surface area (Å²) in [6, 6.07) is 3.73. The zero-order chi connectivity index (χ0) is 17.6. The maximum absolute atomic E-state index is 13.9. The van der Waals surface area contributed by atoms with Crippen LogP contribution in [0.1, 0.15) is 25.3 Å². The third-order valence-electron chi connectivity index (χ3n) is 4.47. The molecule has 1 N–H and O–H groups in total. The highest BCUT2D eigenvalue weighted by Gasteiger charge is 2.66. The highest BCUT2D eigenvalue weighted by Crippen LogP contribution is 2.54. The van der Waals surface area contributed by atoms with Crippen molar-refractivity contribution in [3.63, 3.8) is 0 Å². The number of alkyl halides is 3. The Labute approximate surface area is 130 Å². The zero-order valence-electron chi connectivity index (χ0n) is 12.6. The topological polar surface area (TPSA) is 55.8 Å². The summed E-state index contributed by atoms with van der Waals surface area (Å²) in [5.41, 5.74) is -2.61. The van der Waals surface area contributed by atoms with Crippen LogP contribution in [0.2, 0.25) is 0 Å². The van der Waals surface area contributed by atoms with Crippen molar-refractivity contribution in [1.29, 1.82) is 0 Å². The van der Waals surface area contributed by atoms with Crippen molar-refractivity contribution in [3.05, 3.63) is 29.6 Å². The van der Waals surface area contributed by atoms with E-state index in [-0.39, 0.29) is 11.3 Å². The number of carboxylic acids is 1. The molecule has 0 spiro atoms. The molecule has 1 aliphatic heterocycles. The van der Waals surface area contributed by atoms with Crippen LogP contribution in [0.3, 0.4) is 0 Å². The molecule has 1 fully saturated rings. The molecular formula is C15H16F4O4. The lowest BCUT2D eigenvalue weighted by Gasteiger charge is -2.31. The first kappa shape index (κ1) is 17.5. The Kier molecular flexibility index (Phi) is 4.32. The van der Waals surface area contributed by atoms with E-state index >= 15 is 0 Å². The van der Waals surface area contributed by atoms with Crippen molar-refractivity contribution in [2.75, 3.05) is 7.11 Å². The summed E-state index contributed by atoms with van der Waals surface area (Å²) in [4.78, 5) is 11.4. The van der Waals surface area contributed by atoms with Gasteiger partial charge in [-0.25, -0.2) is 9.18 Å². The highest BCUT2D eigenvalue weighted by molar-refractivity contribution is 5.75. The molecule has 4 atom stereocenters. The minimum atomic E-state index is -4.77. The molecule has 0 saturated carbocycles. The largest absolute Gasteiger partial charge is 0.493 e. The monoisotopic (exact) mass is 336 g/mol. The minimum absolute atomic E-state index is 0.0420. The van der Waals surface area contributed by atoms with Gasteiger partial charge in [0.1, 0.15) is 0 Å². The molecule has 1 aromatic carbocycles. The number of methoxy groups -OCH3 is 1. The molecule has 0 amide bonds. The van der Waals surface area contributed by atoms with E-state index in [1.165, 1.54) is 26.2 Å². The number of aliphatic carboxylic acids is 1. The highest BCUT2D eigenvalue weighted by atomic mass is 19.4. The number of halogens is 4. The van der Waals surface area contributed by atoms with Crippen LogP contribution in [0.4, 0.5) is 17.6 Å². The minimum Gasteiger partial charge on any atom is -0.493 e. The number of hydrogen-bond acceptors (Lipinski definition) is 3. The zero-order valence-corrected chi connectivity index (χ0v) is 12.6. The molecule has 1 heterocycles. The summed E-state index contributed by atoms with van der Waals surface area (Å²) in [6.45, 7) is 2.05. The van der Waals surface area contributed by atoms with Gasteiger partial charge in [0.2, 0.25) is 0 Å². The van der Waals surface area contributed by atoms with E-state index in [4.69, 9.17) is 9.47 Å². The van der Waals surface area contributed by atoms with Crippen molar-refractivity contribution >= 4 is 5.97 Å². The van der Waals surface area contributed by atoms with Gasteiger partial charge in [-0.1, -0.05) is 19.1 Å². The number of benzene rings is 1. The van der Waals surface area contributed by atoms with E-state index in [1.807, 2.05) is 0 Å². The molecule has 8 heteroatoms. The Hall–Kier alpha value is -1.83. The van der Waals surface area contributed by atoms with Crippen LogP contribution in [0.5, 0.6) is 5.75 Å². The Morgan fingerprint density at radius 2 is 2.00 bits per heavy atom. The second-order valence-corrected chi connectivity index (χ2v) is 5.66. The van der Waals surface area contributed by atoms with Crippen LogP contribution in [0, 0.1) is 11.7 Å². The third-order valence-corrected chi connectivity index (χ3v) is 4.47. The average Bonchev–Trinajstić information content (AvgIpc) is 2.72. The standard InChI is InChI=1S/C15H16F4O4/c1-7-10(8-5-4-6-9(16)11(8)22-3)12(13(20)21)23-14(7,2)15(17,18)19/h4-7,10,12H,1-3H3,(H,20,21)/t7-,10-,12+,14+/m0/s1. The van der Waals surface area contributed by atoms with Gasteiger partial charge in [0.25, 0.3) is 0 Å². The predicted octanol–water partition coefficient (Wildman–Crippen LogP) is 3.36. The van der Waals surface area contributed by atoms with Crippen LogP contribution < -0.4 is 4.74 Å². The van der Waals surface area contributed by atoms with Crippen molar-refractivity contribution in [2.45, 2.75) is 37.6 Å². The molecule has 2 rings (SSSR count). The normalized spacial score (nSPS) is 31.2. The van der Waals surface area contributed by atoms with Gasteiger partial charge in [-0.3, -0.25) is 0 Å². The molecule has 0 aliphatic carbocycles. The Bertz CT molecular complexity index is 616. The fourth-order valence-corrected chi connectivity index (χ4v) is 3.01. The van der Waals surface area contributed by atoms with Gasteiger partial charge in [0.05, 0.1) is 7.11 Å². The summed E-state index contributed by atoms with van der Waals surface area (Å²) in [6.07, 6.45) is -6.53. The van der Waals surface area contributed by atoms with Crippen LogP contribution in [0.15, 0.2) is 18.2 Å². The molecule has 4 nitrogen and oxygen atoms in total. The fourth-order valence-electron chi connectivity index (χ4n) is 3.01. The second kappa shape index (κ2) is 5.67. The van der Waals surface area contributed by atoms with Crippen molar-refractivity contribution in [3.8, 4) is 5.75 Å². The van der Waals surface area contributed by atoms with Gasteiger partial charge < -0.3 is 14.6 Å². The first-order valence-electron chi connectivity index (χ1n) is 6.84. The van der Waals surface area contributed by atoms with E-state index in [0.29, 0.717) is 0 Å². The van der Waals surface area contributed by atoms with Gasteiger partial charge in [0.15, 0.2) is 23.3 Å². The number of ether oxygens (including phenoxy) is 2. The summed E-state index contributed by atoms with van der Waals surface area (Å²) in [7, 11) is 1.17. The van der Waals surface area contributed by atoms with Crippen molar-refractivity contribution in [2.24, 2.45) is 5.92 Å². The lowest BCUT2D eigenvalue weighted by molar-refractivity contribution is -0.273. The number of carbonyl (C=O) groups is 1. The summed E-state index contributed by atoms with van der Waals surface area (Å²) in [5.74, 6) is -5.04.